The van der Waals surface area contributed by atoms with Gasteiger partial charge in [-0.2, -0.15) is 0 Å². The van der Waals surface area contributed by atoms with Crippen LogP contribution in [0.4, 0.5) is 5.69 Å². The second-order valence-corrected chi connectivity index (χ2v) is 6.22. The average molecular weight is 364 g/mol. The molecule has 0 bridgehead atoms. The first-order chi connectivity index (χ1) is 13.3. The van der Waals surface area contributed by atoms with Crippen molar-refractivity contribution in [2.75, 3.05) is 31.6 Å². The maximum atomic E-state index is 12.6. The number of carbonyl (C=O) groups excluding carboxylic acids is 1. The van der Waals surface area contributed by atoms with Crippen molar-refractivity contribution in [3.63, 3.8) is 0 Å². The second-order valence-electron chi connectivity index (χ2n) is 6.22. The molecule has 0 fully saturated rings. The lowest BCUT2D eigenvalue weighted by Gasteiger charge is -2.32. The van der Waals surface area contributed by atoms with Gasteiger partial charge in [-0.05, 0) is 24.3 Å². The first-order valence-electron chi connectivity index (χ1n) is 8.90. The van der Waals surface area contributed by atoms with Crippen LogP contribution in [0.3, 0.4) is 0 Å². The van der Waals surface area contributed by atoms with Gasteiger partial charge < -0.3 is 20.1 Å². The number of rotatable bonds is 6. The number of amidine groups is 1. The van der Waals surface area contributed by atoms with Crippen LogP contribution >= 0.6 is 0 Å². The highest BCUT2D eigenvalue weighted by molar-refractivity contribution is 6.11. The van der Waals surface area contributed by atoms with Crippen LogP contribution in [-0.2, 0) is 0 Å². The SMILES string of the molecule is O=C(/C=C1\Nc2c(OCCCO)cccc2C2=NCCN21)c1cccnc1. The molecule has 0 saturated carbocycles. The Morgan fingerprint density at radius 1 is 1.33 bits per heavy atom. The van der Waals surface area contributed by atoms with E-state index in [9.17, 15) is 4.79 Å². The molecular formula is C20H20N4O3. The van der Waals surface area contributed by atoms with Crippen molar-refractivity contribution in [2.45, 2.75) is 6.42 Å². The zero-order chi connectivity index (χ0) is 18.6. The fourth-order valence-electron chi connectivity index (χ4n) is 3.15. The summed E-state index contributed by atoms with van der Waals surface area (Å²) < 4.78 is 5.81. The Labute approximate surface area is 157 Å². The molecule has 0 saturated heterocycles. The van der Waals surface area contributed by atoms with E-state index in [1.165, 1.54) is 0 Å². The maximum Gasteiger partial charge on any atom is 0.191 e. The standard InChI is InChI=1S/C20H20N4O3/c25-10-3-11-27-17-6-1-5-15-19(17)23-18(24-9-8-22-20(15)24)12-16(26)14-4-2-7-21-13-14/h1-2,4-7,12-13,23,25H,3,8-11H2/b18-12+. The predicted octanol–water partition coefficient (Wildman–Crippen LogP) is 2.05. The maximum absolute atomic E-state index is 12.6. The van der Waals surface area contributed by atoms with Crippen LogP contribution in [0.15, 0.2) is 59.6 Å². The van der Waals surface area contributed by atoms with Crippen molar-refractivity contribution in [1.82, 2.24) is 9.88 Å². The summed E-state index contributed by atoms with van der Waals surface area (Å²) in [6.07, 6.45) is 5.32. The van der Waals surface area contributed by atoms with Crippen molar-refractivity contribution >= 4 is 17.3 Å². The average Bonchev–Trinajstić information content (AvgIpc) is 3.20. The normalized spacial score (nSPS) is 16.4. The number of ketones is 1. The first kappa shape index (κ1) is 17.2. The van der Waals surface area contributed by atoms with Crippen LogP contribution in [0.2, 0.25) is 0 Å². The van der Waals surface area contributed by atoms with Gasteiger partial charge in [-0.3, -0.25) is 14.8 Å². The van der Waals surface area contributed by atoms with Gasteiger partial charge in [0.1, 0.15) is 17.4 Å². The summed E-state index contributed by atoms with van der Waals surface area (Å²) in [4.78, 5) is 23.3. The Morgan fingerprint density at radius 3 is 3.07 bits per heavy atom. The zero-order valence-corrected chi connectivity index (χ0v) is 14.8. The molecule has 7 nitrogen and oxygen atoms in total. The van der Waals surface area contributed by atoms with E-state index in [4.69, 9.17) is 9.84 Å². The van der Waals surface area contributed by atoms with Crippen LogP contribution in [0.1, 0.15) is 22.3 Å². The number of aromatic nitrogens is 1. The number of pyridine rings is 1. The number of hydrogen-bond acceptors (Lipinski definition) is 7. The third-order valence-electron chi connectivity index (χ3n) is 4.43. The first-order valence-corrected chi connectivity index (χ1v) is 8.90. The number of aliphatic imine (C=N–C) groups is 1. The van der Waals surface area contributed by atoms with Gasteiger partial charge >= 0.3 is 0 Å². The highest BCUT2D eigenvalue weighted by Gasteiger charge is 2.31. The molecule has 0 aliphatic carbocycles. The van der Waals surface area contributed by atoms with E-state index in [-0.39, 0.29) is 12.4 Å². The van der Waals surface area contributed by atoms with Gasteiger partial charge in [-0.15, -0.1) is 0 Å². The van der Waals surface area contributed by atoms with Crippen LogP contribution in [0, 0.1) is 0 Å². The summed E-state index contributed by atoms with van der Waals surface area (Å²) in [5.74, 6) is 2.06. The third kappa shape index (κ3) is 3.41. The number of carbonyl (C=O) groups is 1. The molecule has 1 aromatic heterocycles. The minimum Gasteiger partial charge on any atom is -0.491 e. The topological polar surface area (TPSA) is 87.0 Å². The number of fused-ring (bicyclic) bond motifs is 3. The summed E-state index contributed by atoms with van der Waals surface area (Å²) in [6, 6.07) is 9.26. The van der Waals surface area contributed by atoms with E-state index in [0.29, 0.717) is 43.3 Å². The number of benzene rings is 1. The summed E-state index contributed by atoms with van der Waals surface area (Å²) in [5, 5.41) is 12.3. The fraction of sp³-hybridized carbons (Fsp3) is 0.250. The highest BCUT2D eigenvalue weighted by Crippen LogP contribution is 2.37. The molecule has 2 aliphatic heterocycles. The Kier molecular flexibility index (Phi) is 4.84. The number of aliphatic hydroxyl groups excluding tert-OH is 1. The minimum absolute atomic E-state index is 0.0771. The van der Waals surface area contributed by atoms with Crippen molar-refractivity contribution in [2.24, 2.45) is 4.99 Å². The Hall–Kier alpha value is -3.19. The lowest BCUT2D eigenvalue weighted by atomic mass is 10.1. The molecule has 4 rings (SSSR count). The van der Waals surface area contributed by atoms with Crippen molar-refractivity contribution in [1.29, 1.82) is 0 Å². The van der Waals surface area contributed by atoms with Crippen LogP contribution in [0.5, 0.6) is 5.75 Å². The molecule has 0 unspecified atom stereocenters. The molecule has 27 heavy (non-hydrogen) atoms. The molecule has 2 aromatic rings. The van der Waals surface area contributed by atoms with E-state index in [0.717, 1.165) is 17.1 Å². The number of ether oxygens (including phenoxy) is 1. The predicted molar refractivity (Wildman–Crippen MR) is 102 cm³/mol. The van der Waals surface area contributed by atoms with Gasteiger partial charge in [0.15, 0.2) is 5.78 Å². The molecule has 0 spiro atoms. The van der Waals surface area contributed by atoms with Crippen molar-refractivity contribution in [3.8, 4) is 5.75 Å². The van der Waals surface area contributed by atoms with Crippen molar-refractivity contribution < 1.29 is 14.6 Å². The van der Waals surface area contributed by atoms with E-state index in [1.807, 2.05) is 23.1 Å². The number of hydrogen-bond donors (Lipinski definition) is 2. The largest absolute Gasteiger partial charge is 0.491 e. The fourth-order valence-corrected chi connectivity index (χ4v) is 3.15. The molecule has 1 aromatic carbocycles. The number of allylic oxidation sites excluding steroid dienone is 1. The van der Waals surface area contributed by atoms with Crippen LogP contribution in [-0.4, -0.2) is 52.9 Å². The number of para-hydroxylation sites is 1. The molecule has 0 radical (unpaired) electrons. The lowest BCUT2D eigenvalue weighted by Crippen LogP contribution is -2.36. The third-order valence-corrected chi connectivity index (χ3v) is 4.43. The van der Waals surface area contributed by atoms with Gasteiger partial charge in [-0.1, -0.05) is 6.07 Å². The van der Waals surface area contributed by atoms with Gasteiger partial charge in [0.2, 0.25) is 0 Å². The van der Waals surface area contributed by atoms with E-state index < -0.39 is 0 Å². The summed E-state index contributed by atoms with van der Waals surface area (Å²) in [7, 11) is 0. The number of nitrogens with one attached hydrogen (secondary N) is 1. The van der Waals surface area contributed by atoms with Crippen LogP contribution < -0.4 is 10.1 Å². The summed E-state index contributed by atoms with van der Waals surface area (Å²) >= 11 is 0. The Balaban J connectivity index is 1.68. The molecule has 138 valence electrons. The smallest absolute Gasteiger partial charge is 0.191 e. The molecule has 0 atom stereocenters. The molecular weight excluding hydrogens is 344 g/mol. The lowest BCUT2D eigenvalue weighted by molar-refractivity contribution is 0.104. The van der Waals surface area contributed by atoms with Crippen molar-refractivity contribution in [3.05, 3.63) is 65.7 Å². The quantitative estimate of drug-likeness (QED) is 0.463. The van der Waals surface area contributed by atoms with Gasteiger partial charge in [-0.25, -0.2) is 0 Å². The Bertz CT molecular complexity index is 909. The molecule has 2 N–H and O–H groups in total. The van der Waals surface area contributed by atoms with E-state index in [1.54, 1.807) is 30.6 Å². The molecule has 7 heteroatoms. The molecule has 2 aliphatic rings. The minimum atomic E-state index is -0.126. The van der Waals surface area contributed by atoms with E-state index >= 15 is 0 Å². The van der Waals surface area contributed by atoms with Gasteiger partial charge in [0.05, 0.1) is 18.8 Å². The number of nitrogens with zero attached hydrogens (tertiary/aromatic N) is 3. The summed E-state index contributed by atoms with van der Waals surface area (Å²) in [5.41, 5.74) is 2.26. The molecule has 0 amide bonds. The Morgan fingerprint density at radius 2 is 2.26 bits per heavy atom. The number of anilines is 1. The van der Waals surface area contributed by atoms with Gasteiger partial charge in [0, 0.05) is 49.2 Å². The van der Waals surface area contributed by atoms with E-state index in [2.05, 4.69) is 15.3 Å². The highest BCUT2D eigenvalue weighted by atomic mass is 16.5. The second kappa shape index (κ2) is 7.59. The van der Waals surface area contributed by atoms with Gasteiger partial charge in [0.25, 0.3) is 0 Å². The number of aliphatic hydroxyl groups is 1. The zero-order valence-electron chi connectivity index (χ0n) is 14.8. The summed E-state index contributed by atoms with van der Waals surface area (Å²) in [6.45, 7) is 1.88. The van der Waals surface area contributed by atoms with Crippen LogP contribution in [0.25, 0.3) is 0 Å². The monoisotopic (exact) mass is 364 g/mol. The molecule has 3 heterocycles.